The summed E-state index contributed by atoms with van der Waals surface area (Å²) in [4.78, 5) is 43.7. The minimum Gasteiger partial charge on any atom is -0.497 e. The van der Waals surface area contributed by atoms with Gasteiger partial charge >= 0.3 is 5.69 Å². The Labute approximate surface area is 203 Å². The molecule has 0 spiro atoms. The largest absolute Gasteiger partial charge is 0.497 e. The van der Waals surface area contributed by atoms with Crippen molar-refractivity contribution in [3.8, 4) is 5.75 Å². The molecule has 0 unspecified atom stereocenters. The van der Waals surface area contributed by atoms with Gasteiger partial charge in [0.1, 0.15) is 11.5 Å². The number of hydrogen-bond donors (Lipinski definition) is 0. The van der Waals surface area contributed by atoms with E-state index < -0.39 is 0 Å². The molecular weight excluding hydrogens is 442 g/mol. The number of hydrogen-bond acceptors (Lipinski definition) is 5. The maximum atomic E-state index is 13.2. The molecule has 5 rings (SSSR count). The van der Waals surface area contributed by atoms with Gasteiger partial charge in [-0.3, -0.25) is 23.7 Å². The number of para-hydroxylation sites is 1. The summed E-state index contributed by atoms with van der Waals surface area (Å²) in [6.45, 7) is 0.368. The number of rotatable bonds is 6. The fraction of sp³-hybridized carbons (Fsp3) is 0.357. The lowest BCUT2D eigenvalue weighted by Gasteiger charge is -2.28. The summed E-state index contributed by atoms with van der Waals surface area (Å²) in [6, 6.07) is 15.1. The van der Waals surface area contributed by atoms with Crippen LogP contribution in [0.2, 0.25) is 0 Å². The summed E-state index contributed by atoms with van der Waals surface area (Å²) >= 11 is 0. The van der Waals surface area contributed by atoms with Gasteiger partial charge in [-0.15, -0.1) is 0 Å². The molecule has 0 bridgehead atoms. The number of nitrogens with zero attached hydrogens (tertiary/aromatic N) is 3. The lowest BCUT2D eigenvalue weighted by atomic mass is 9.78. The van der Waals surface area contributed by atoms with Crippen molar-refractivity contribution in [2.24, 2.45) is 18.9 Å². The average Bonchev–Trinajstić information content (AvgIpc) is 2.90. The molecule has 0 saturated heterocycles. The third kappa shape index (κ3) is 4.38. The molecule has 2 aromatic carbocycles. The molecule has 0 atom stereocenters. The SMILES string of the molecule is COc1ccc2c(c1)c(=O)n(CC1CCC(C(=O)Cc3cccc4cccnc34)CC1)c(=O)n2C. The molecule has 7 nitrogen and oxygen atoms in total. The van der Waals surface area contributed by atoms with Gasteiger partial charge in [0, 0.05) is 37.5 Å². The normalized spacial score (nSPS) is 18.1. The Morgan fingerprint density at radius 3 is 2.60 bits per heavy atom. The van der Waals surface area contributed by atoms with Crippen LogP contribution < -0.4 is 16.0 Å². The van der Waals surface area contributed by atoms with E-state index in [1.165, 1.54) is 9.13 Å². The molecule has 4 aromatic rings. The quantitative estimate of drug-likeness (QED) is 0.426. The third-order valence-corrected chi connectivity index (χ3v) is 7.38. The molecule has 0 N–H and O–H groups in total. The van der Waals surface area contributed by atoms with E-state index in [9.17, 15) is 14.4 Å². The number of Topliss-reactive ketones (excluding diaryl/α,β-unsaturated/α-hetero) is 1. The summed E-state index contributed by atoms with van der Waals surface area (Å²) in [7, 11) is 3.24. The van der Waals surface area contributed by atoms with Crippen molar-refractivity contribution < 1.29 is 9.53 Å². The Bertz CT molecular complexity index is 1520. The minimum atomic E-state index is -0.311. The Balaban J connectivity index is 1.29. The Morgan fingerprint density at radius 2 is 1.83 bits per heavy atom. The van der Waals surface area contributed by atoms with Gasteiger partial charge < -0.3 is 4.74 Å². The lowest BCUT2D eigenvalue weighted by molar-refractivity contribution is -0.123. The fourth-order valence-electron chi connectivity index (χ4n) is 5.35. The average molecular weight is 472 g/mol. The number of aromatic nitrogens is 3. The van der Waals surface area contributed by atoms with E-state index >= 15 is 0 Å². The van der Waals surface area contributed by atoms with Crippen LogP contribution in [0.25, 0.3) is 21.8 Å². The van der Waals surface area contributed by atoms with Crippen LogP contribution in [0.3, 0.4) is 0 Å². The number of aryl methyl sites for hydroxylation is 1. The molecule has 1 saturated carbocycles. The first kappa shape index (κ1) is 23.0. The summed E-state index contributed by atoms with van der Waals surface area (Å²) in [5.74, 6) is 1.02. The first-order chi connectivity index (χ1) is 17.0. The number of ether oxygens (including phenoxy) is 1. The highest BCUT2D eigenvalue weighted by Crippen LogP contribution is 2.31. The second kappa shape index (κ2) is 9.49. The van der Waals surface area contributed by atoms with E-state index in [4.69, 9.17) is 4.74 Å². The molecule has 2 heterocycles. The molecule has 1 aliphatic rings. The smallest absolute Gasteiger partial charge is 0.331 e. The molecule has 1 aliphatic carbocycles. The van der Waals surface area contributed by atoms with Gasteiger partial charge in [-0.05, 0) is 61.4 Å². The first-order valence-corrected chi connectivity index (χ1v) is 12.1. The zero-order valence-electron chi connectivity index (χ0n) is 20.1. The molecule has 35 heavy (non-hydrogen) atoms. The van der Waals surface area contributed by atoms with E-state index in [1.807, 2.05) is 30.3 Å². The van der Waals surface area contributed by atoms with Crippen LogP contribution in [-0.2, 0) is 24.8 Å². The second-order valence-electron chi connectivity index (χ2n) is 9.49. The van der Waals surface area contributed by atoms with Crippen LogP contribution in [0, 0.1) is 11.8 Å². The number of carbonyl (C=O) groups is 1. The Hall–Kier alpha value is -3.74. The van der Waals surface area contributed by atoms with Crippen LogP contribution >= 0.6 is 0 Å². The van der Waals surface area contributed by atoms with Crippen LogP contribution in [-0.4, -0.2) is 27.0 Å². The number of ketones is 1. The highest BCUT2D eigenvalue weighted by molar-refractivity contribution is 5.89. The maximum absolute atomic E-state index is 13.2. The molecular formula is C28H29N3O4. The predicted molar refractivity (Wildman–Crippen MR) is 136 cm³/mol. The van der Waals surface area contributed by atoms with Gasteiger partial charge in [0.15, 0.2) is 0 Å². The zero-order valence-corrected chi connectivity index (χ0v) is 20.1. The number of methoxy groups -OCH3 is 1. The maximum Gasteiger partial charge on any atom is 0.331 e. The predicted octanol–water partition coefficient (Wildman–Crippen LogP) is 3.88. The summed E-state index contributed by atoms with van der Waals surface area (Å²) in [5.41, 5.74) is 1.85. The van der Waals surface area contributed by atoms with Crippen molar-refractivity contribution in [1.82, 2.24) is 14.1 Å². The van der Waals surface area contributed by atoms with Gasteiger partial charge in [0.05, 0.1) is 23.5 Å². The topological polar surface area (TPSA) is 83.2 Å². The van der Waals surface area contributed by atoms with Crippen molar-refractivity contribution in [3.05, 3.63) is 81.1 Å². The first-order valence-electron chi connectivity index (χ1n) is 12.1. The van der Waals surface area contributed by atoms with Crippen molar-refractivity contribution in [2.45, 2.75) is 38.6 Å². The summed E-state index contributed by atoms with van der Waals surface area (Å²) < 4.78 is 8.13. The Kier molecular flexibility index (Phi) is 6.24. The van der Waals surface area contributed by atoms with Crippen LogP contribution in [0.1, 0.15) is 31.2 Å². The van der Waals surface area contributed by atoms with E-state index in [-0.39, 0.29) is 28.9 Å². The minimum absolute atomic E-state index is 0.00522. The number of carbonyl (C=O) groups excluding carboxylic acids is 1. The molecule has 0 aliphatic heterocycles. The van der Waals surface area contributed by atoms with Crippen LogP contribution in [0.15, 0.2) is 64.3 Å². The van der Waals surface area contributed by atoms with Gasteiger partial charge in [-0.2, -0.15) is 0 Å². The number of fused-ring (bicyclic) bond motifs is 2. The summed E-state index contributed by atoms with van der Waals surface area (Å²) in [5, 5.41) is 1.51. The monoisotopic (exact) mass is 471 g/mol. The highest BCUT2D eigenvalue weighted by atomic mass is 16.5. The van der Waals surface area contributed by atoms with Gasteiger partial charge in [-0.1, -0.05) is 24.3 Å². The van der Waals surface area contributed by atoms with Crippen LogP contribution in [0.4, 0.5) is 0 Å². The third-order valence-electron chi connectivity index (χ3n) is 7.38. The molecule has 180 valence electrons. The van der Waals surface area contributed by atoms with Gasteiger partial charge in [0.25, 0.3) is 5.56 Å². The molecule has 1 fully saturated rings. The van der Waals surface area contributed by atoms with Gasteiger partial charge in [-0.25, -0.2) is 4.79 Å². The van der Waals surface area contributed by atoms with E-state index in [0.29, 0.717) is 29.6 Å². The van der Waals surface area contributed by atoms with Crippen molar-refractivity contribution in [1.29, 1.82) is 0 Å². The lowest BCUT2D eigenvalue weighted by Crippen LogP contribution is -2.41. The number of pyridine rings is 1. The molecule has 2 aromatic heterocycles. The van der Waals surface area contributed by atoms with E-state index in [0.717, 1.165) is 42.1 Å². The Morgan fingerprint density at radius 1 is 1.06 bits per heavy atom. The van der Waals surface area contributed by atoms with E-state index in [2.05, 4.69) is 4.98 Å². The summed E-state index contributed by atoms with van der Waals surface area (Å²) in [6.07, 6.45) is 5.33. The number of benzene rings is 2. The van der Waals surface area contributed by atoms with Crippen molar-refractivity contribution in [2.75, 3.05) is 7.11 Å². The van der Waals surface area contributed by atoms with Crippen molar-refractivity contribution in [3.63, 3.8) is 0 Å². The van der Waals surface area contributed by atoms with Crippen LogP contribution in [0.5, 0.6) is 5.75 Å². The fourth-order valence-corrected chi connectivity index (χ4v) is 5.35. The molecule has 0 amide bonds. The standard InChI is InChI=1S/C28H29N3O4/c1-30-24-13-12-22(35-2)16-23(24)27(33)31(28(30)34)17-18-8-10-19(11-9-18)25(32)15-21-6-3-5-20-7-4-14-29-26(20)21/h3-7,12-14,16,18-19H,8-11,15,17H2,1-2H3. The molecule has 7 heteroatoms. The highest BCUT2D eigenvalue weighted by Gasteiger charge is 2.27. The second-order valence-corrected chi connectivity index (χ2v) is 9.49. The van der Waals surface area contributed by atoms with E-state index in [1.54, 1.807) is 38.6 Å². The molecule has 0 radical (unpaired) electrons. The van der Waals surface area contributed by atoms with Gasteiger partial charge in [0.2, 0.25) is 0 Å². The van der Waals surface area contributed by atoms with Crippen molar-refractivity contribution >= 4 is 27.6 Å². The zero-order chi connectivity index (χ0) is 24.5.